The predicted octanol–water partition coefficient (Wildman–Crippen LogP) is 6.12. The Kier molecular flexibility index (Phi) is 9.30. The fraction of sp³-hybridized carbons (Fsp3) is 0.333. The van der Waals surface area contributed by atoms with Crippen LogP contribution in [0.3, 0.4) is 0 Å². The van der Waals surface area contributed by atoms with Crippen molar-refractivity contribution in [2.75, 3.05) is 6.54 Å². The number of amidine groups is 1. The van der Waals surface area contributed by atoms with Gasteiger partial charge in [0.2, 0.25) is 0 Å². The number of pyridine rings is 1. The molecule has 10 nitrogen and oxygen atoms in total. The van der Waals surface area contributed by atoms with E-state index in [9.17, 15) is 21.6 Å². The van der Waals surface area contributed by atoms with Crippen molar-refractivity contribution in [3.8, 4) is 0 Å². The van der Waals surface area contributed by atoms with E-state index in [4.69, 9.17) is 16.6 Å². The van der Waals surface area contributed by atoms with Gasteiger partial charge in [-0.05, 0) is 42.7 Å². The summed E-state index contributed by atoms with van der Waals surface area (Å²) in [5.41, 5.74) is 2.31. The minimum absolute atomic E-state index is 0.0947. The molecule has 4 aromatic rings. The number of benzene rings is 1. The predicted molar refractivity (Wildman–Crippen MR) is 170 cm³/mol. The zero-order valence-electron chi connectivity index (χ0n) is 24.7. The van der Waals surface area contributed by atoms with Crippen molar-refractivity contribution in [1.29, 1.82) is 0 Å². The molecule has 2 aliphatic rings. The number of nitrogens with one attached hydrogen (secondary N) is 2. The number of rotatable bonds is 11. The van der Waals surface area contributed by atoms with Crippen molar-refractivity contribution in [1.82, 2.24) is 34.1 Å². The van der Waals surface area contributed by atoms with Crippen molar-refractivity contribution >= 4 is 44.6 Å². The van der Waals surface area contributed by atoms with Crippen molar-refractivity contribution < 1.29 is 21.6 Å². The molecule has 2 aliphatic heterocycles. The molecule has 3 aromatic heterocycles. The van der Waals surface area contributed by atoms with Crippen molar-refractivity contribution in [2.45, 2.75) is 51.4 Å². The highest BCUT2D eigenvalue weighted by Crippen LogP contribution is 2.46. The van der Waals surface area contributed by atoms with Gasteiger partial charge < -0.3 is 4.90 Å². The Morgan fingerprint density at radius 1 is 1.13 bits per heavy atom. The van der Waals surface area contributed by atoms with Crippen LogP contribution in [-0.4, -0.2) is 51.5 Å². The van der Waals surface area contributed by atoms with Crippen LogP contribution in [0.4, 0.5) is 13.2 Å². The second-order valence-corrected chi connectivity index (χ2v) is 14.1. The first-order valence-corrected chi connectivity index (χ1v) is 17.2. The second kappa shape index (κ2) is 13.2. The van der Waals surface area contributed by atoms with Crippen LogP contribution in [0, 0.1) is 11.7 Å². The molecule has 1 fully saturated rings. The maximum absolute atomic E-state index is 14.1. The Morgan fingerprint density at radius 2 is 1.96 bits per heavy atom. The molecule has 0 spiro atoms. The first-order valence-electron chi connectivity index (χ1n) is 14.5. The van der Waals surface area contributed by atoms with E-state index >= 15 is 0 Å². The number of fused-ring (bicyclic) bond motifs is 1. The minimum atomic E-state index is -4.06. The Labute approximate surface area is 273 Å². The van der Waals surface area contributed by atoms with E-state index in [1.54, 1.807) is 36.0 Å². The van der Waals surface area contributed by atoms with Crippen LogP contribution < -0.4 is 9.44 Å². The summed E-state index contributed by atoms with van der Waals surface area (Å²) in [6.45, 7) is 1.29. The molecule has 0 aliphatic carbocycles. The smallest absolute Gasteiger partial charge is 0.326 e. The molecule has 3 atom stereocenters. The molecule has 2 N–H and O–H groups in total. The van der Waals surface area contributed by atoms with Crippen LogP contribution in [0.2, 0.25) is 5.02 Å². The number of hydrogen-bond donors (Lipinski definition) is 2. The summed E-state index contributed by atoms with van der Waals surface area (Å²) in [7, 11) is -4.06. The van der Waals surface area contributed by atoms with Crippen LogP contribution in [-0.2, 0) is 10.2 Å². The highest BCUT2D eigenvalue weighted by molar-refractivity contribution is 7.87. The van der Waals surface area contributed by atoms with Crippen LogP contribution in [0.1, 0.15) is 67.3 Å². The zero-order chi connectivity index (χ0) is 32.6. The molecule has 5 heterocycles. The minimum Gasteiger partial charge on any atom is -0.326 e. The maximum Gasteiger partial charge on any atom is 0.333 e. The second-order valence-electron chi connectivity index (χ2n) is 11.4. The summed E-state index contributed by atoms with van der Waals surface area (Å²) in [6, 6.07) is 8.63. The topological polar surface area (TPSA) is 117 Å². The van der Waals surface area contributed by atoms with Gasteiger partial charge in [-0.25, -0.2) is 14.1 Å². The van der Waals surface area contributed by atoms with Gasteiger partial charge in [-0.2, -0.15) is 31.7 Å². The lowest BCUT2D eigenvalue weighted by molar-refractivity contribution is 0.0564. The van der Waals surface area contributed by atoms with E-state index in [1.807, 2.05) is 18.7 Å². The number of hydrogen-bond acceptors (Lipinski definition) is 8. The van der Waals surface area contributed by atoms with Crippen molar-refractivity contribution in [2.24, 2.45) is 10.9 Å². The van der Waals surface area contributed by atoms with Crippen molar-refractivity contribution in [3.05, 3.63) is 105 Å². The molecular weight excluding hydrogens is 661 g/mol. The summed E-state index contributed by atoms with van der Waals surface area (Å²) in [5.74, 6) is 0.0901. The van der Waals surface area contributed by atoms with Gasteiger partial charge in [0.25, 0.3) is 10.2 Å². The number of thiazole rings is 1. The van der Waals surface area contributed by atoms with Gasteiger partial charge in [0, 0.05) is 64.8 Å². The Hall–Kier alpha value is -3.63. The summed E-state index contributed by atoms with van der Waals surface area (Å²) >= 11 is 7.87. The first kappa shape index (κ1) is 32.3. The molecule has 0 saturated carbocycles. The molecule has 16 heteroatoms. The summed E-state index contributed by atoms with van der Waals surface area (Å²) in [4.78, 5) is 15.6. The van der Waals surface area contributed by atoms with Gasteiger partial charge >= 0.3 is 6.55 Å². The quantitative estimate of drug-likeness (QED) is 0.196. The van der Waals surface area contributed by atoms with Gasteiger partial charge in [-0.15, -0.1) is 11.3 Å². The lowest BCUT2D eigenvalue weighted by Gasteiger charge is -2.32. The molecule has 6 rings (SSSR count). The van der Waals surface area contributed by atoms with Crippen LogP contribution in [0.5, 0.6) is 0 Å². The van der Waals surface area contributed by atoms with Crippen molar-refractivity contribution in [3.63, 3.8) is 0 Å². The van der Waals surface area contributed by atoms with Crippen LogP contribution in [0.15, 0.2) is 77.1 Å². The molecule has 0 bridgehead atoms. The molecule has 1 aromatic carbocycles. The summed E-state index contributed by atoms with van der Waals surface area (Å²) < 4.78 is 74.6. The van der Waals surface area contributed by atoms with Crippen LogP contribution in [0.25, 0.3) is 5.57 Å². The van der Waals surface area contributed by atoms with E-state index in [1.165, 1.54) is 29.5 Å². The SMILES string of the molecule is CC(C)C[C@H](NS(=O)(=O)N[C@H]1CC2=C(c3ccn(C(F)F)n3)[C@H](c3ccc(F)cc3Cl)N=C(c3nccs3)N2C1)c1ccccn1. The third-order valence-electron chi connectivity index (χ3n) is 7.60. The number of aliphatic imine (C=N–C) groups is 1. The third kappa shape index (κ3) is 6.88. The van der Waals surface area contributed by atoms with E-state index in [0.717, 1.165) is 12.3 Å². The Balaban J connectivity index is 1.40. The highest BCUT2D eigenvalue weighted by atomic mass is 35.5. The summed E-state index contributed by atoms with van der Waals surface area (Å²) in [5, 5.41) is 6.57. The monoisotopic (exact) mass is 690 g/mol. The standard InChI is InChI=1S/C30H30ClF3N8O2S2/c1-17(2)13-24(22-5-3-4-9-35-22)40-46(43,44)39-19-15-25-26(23-8-11-42(38-23)30(33)34)27(20-7-6-18(32)14-21(20)31)37-28(41(25)16-19)29-36-10-12-45-29/h3-12,14,17,19,24,27,30,39-40H,13,15-16H2,1-2H3/t19-,24-,27-/m0/s1. The average Bonchev–Trinajstić information content (AvgIpc) is 3.77. The Bertz CT molecular complexity index is 1870. The fourth-order valence-corrected chi connectivity index (χ4v) is 7.92. The van der Waals surface area contributed by atoms with E-state index in [2.05, 4.69) is 24.5 Å². The molecular formula is C30H30ClF3N8O2S2. The normalized spacial score (nSPS) is 19.2. The van der Waals surface area contributed by atoms with E-state index in [-0.39, 0.29) is 29.6 Å². The molecule has 0 amide bonds. The third-order valence-corrected chi connectivity index (χ3v) is 9.93. The number of nitrogens with zero attached hydrogens (tertiary/aromatic N) is 6. The molecule has 242 valence electrons. The highest BCUT2D eigenvalue weighted by Gasteiger charge is 2.42. The van der Waals surface area contributed by atoms with Gasteiger partial charge in [-0.3, -0.25) is 9.98 Å². The number of alkyl halides is 2. The fourth-order valence-electron chi connectivity index (χ4n) is 5.76. The Morgan fingerprint density at radius 3 is 2.61 bits per heavy atom. The van der Waals surface area contributed by atoms with E-state index < -0.39 is 40.7 Å². The average molecular weight is 691 g/mol. The molecule has 0 radical (unpaired) electrons. The van der Waals surface area contributed by atoms with Gasteiger partial charge in [0.1, 0.15) is 11.9 Å². The zero-order valence-corrected chi connectivity index (χ0v) is 27.1. The first-order chi connectivity index (χ1) is 22.0. The molecule has 1 saturated heterocycles. The number of halogens is 4. The lowest BCUT2D eigenvalue weighted by Crippen LogP contribution is -2.46. The van der Waals surface area contributed by atoms with Gasteiger partial charge in [-0.1, -0.05) is 37.6 Å². The van der Waals surface area contributed by atoms with Crippen LogP contribution >= 0.6 is 22.9 Å². The number of aromatic nitrogens is 4. The van der Waals surface area contributed by atoms with Gasteiger partial charge in [0.05, 0.1) is 17.4 Å². The maximum atomic E-state index is 14.1. The van der Waals surface area contributed by atoms with E-state index in [0.29, 0.717) is 44.5 Å². The van der Waals surface area contributed by atoms with Gasteiger partial charge in [0.15, 0.2) is 10.8 Å². The molecule has 46 heavy (non-hydrogen) atoms. The lowest BCUT2D eigenvalue weighted by atomic mass is 9.92. The molecule has 0 unspecified atom stereocenters. The summed E-state index contributed by atoms with van der Waals surface area (Å²) in [6.07, 6.45) is 5.10. The largest absolute Gasteiger partial charge is 0.333 e.